The van der Waals surface area contributed by atoms with Crippen molar-refractivity contribution in [2.24, 2.45) is 0 Å². The summed E-state index contributed by atoms with van der Waals surface area (Å²) in [7, 11) is 1.25. The monoisotopic (exact) mass is 395 g/mol. The predicted octanol–water partition coefficient (Wildman–Crippen LogP) is 1.93. The summed E-state index contributed by atoms with van der Waals surface area (Å²) in [5, 5.41) is 12.1. The van der Waals surface area contributed by atoms with E-state index in [-0.39, 0.29) is 22.9 Å². The fourth-order valence-electron chi connectivity index (χ4n) is 3.50. The maximum Gasteiger partial charge on any atom is 0.357 e. The van der Waals surface area contributed by atoms with E-state index in [4.69, 9.17) is 10.5 Å². The summed E-state index contributed by atoms with van der Waals surface area (Å²) in [6, 6.07) is 8.72. The Bertz CT molecular complexity index is 921. The summed E-state index contributed by atoms with van der Waals surface area (Å²) >= 11 is 0. The first-order chi connectivity index (χ1) is 14.0. The first-order valence-corrected chi connectivity index (χ1v) is 9.65. The Kier molecular flexibility index (Phi) is 6.52. The maximum absolute atomic E-state index is 12.4. The van der Waals surface area contributed by atoms with Gasteiger partial charge in [0.05, 0.1) is 18.4 Å². The molecule has 1 aliphatic heterocycles. The minimum Gasteiger partial charge on any atom is -0.464 e. The van der Waals surface area contributed by atoms with Crippen molar-refractivity contribution in [3.63, 3.8) is 0 Å². The van der Waals surface area contributed by atoms with E-state index >= 15 is 0 Å². The Labute approximate surface area is 169 Å². The molecule has 2 aromatic rings. The molecule has 1 saturated heterocycles. The van der Waals surface area contributed by atoms with Crippen LogP contribution in [0.25, 0.3) is 5.69 Å². The number of hydrogen-bond acceptors (Lipinski definition) is 6. The normalized spacial score (nSPS) is 14.2. The third-order valence-corrected chi connectivity index (χ3v) is 5.11. The molecule has 0 saturated carbocycles. The highest BCUT2D eigenvalue weighted by Crippen LogP contribution is 2.24. The van der Waals surface area contributed by atoms with Gasteiger partial charge in [0.25, 0.3) is 5.91 Å². The smallest absolute Gasteiger partial charge is 0.357 e. The summed E-state index contributed by atoms with van der Waals surface area (Å²) in [6.45, 7) is 3.65. The van der Waals surface area contributed by atoms with Crippen LogP contribution in [0.15, 0.2) is 30.5 Å². The van der Waals surface area contributed by atoms with Gasteiger partial charge in [0.1, 0.15) is 6.07 Å². The quantitative estimate of drug-likeness (QED) is 0.723. The minimum atomic E-state index is -0.636. The lowest BCUT2D eigenvalue weighted by atomic mass is 10.1. The molecule has 152 valence electrons. The first kappa shape index (κ1) is 20.4. The van der Waals surface area contributed by atoms with Gasteiger partial charge in [0, 0.05) is 30.5 Å². The summed E-state index contributed by atoms with van der Waals surface area (Å²) in [6.07, 6.45) is 5.21. The highest BCUT2D eigenvalue weighted by atomic mass is 16.5. The summed E-state index contributed by atoms with van der Waals surface area (Å²) in [4.78, 5) is 26.8. The molecule has 0 bridgehead atoms. The second-order valence-electron chi connectivity index (χ2n) is 6.98. The first-order valence-electron chi connectivity index (χ1n) is 9.65. The highest BCUT2D eigenvalue weighted by Gasteiger charge is 2.21. The SMILES string of the molecule is COC(=O)c1c(N)c(C#N)cn1-c1ccc(C(=O)NCCN2CCCCC2)cc1. The standard InChI is InChI=1S/C21H25N5O3/c1-29-21(28)19-18(23)16(13-22)14-26(19)17-7-5-15(6-8-17)20(27)24-9-12-25-10-3-2-4-11-25/h5-8,14H,2-4,9-12,23H2,1H3,(H,24,27). The second kappa shape index (κ2) is 9.26. The molecular weight excluding hydrogens is 370 g/mol. The van der Waals surface area contributed by atoms with Gasteiger partial charge in [-0.05, 0) is 50.2 Å². The van der Waals surface area contributed by atoms with E-state index in [1.807, 2.05) is 6.07 Å². The predicted molar refractivity (Wildman–Crippen MR) is 109 cm³/mol. The molecule has 29 heavy (non-hydrogen) atoms. The van der Waals surface area contributed by atoms with Crippen molar-refractivity contribution in [2.45, 2.75) is 19.3 Å². The molecule has 0 unspecified atom stereocenters. The van der Waals surface area contributed by atoms with Crippen LogP contribution in [0.4, 0.5) is 5.69 Å². The molecule has 0 aliphatic carbocycles. The number of benzene rings is 1. The third kappa shape index (κ3) is 4.58. The van der Waals surface area contributed by atoms with Crippen LogP contribution in [0.3, 0.4) is 0 Å². The van der Waals surface area contributed by atoms with Gasteiger partial charge < -0.3 is 25.3 Å². The van der Waals surface area contributed by atoms with Crippen LogP contribution < -0.4 is 11.1 Å². The number of hydrogen-bond donors (Lipinski definition) is 2. The molecule has 0 radical (unpaired) electrons. The number of ether oxygens (including phenoxy) is 1. The average Bonchev–Trinajstić information content (AvgIpc) is 3.10. The van der Waals surface area contributed by atoms with E-state index in [2.05, 4.69) is 10.2 Å². The number of likely N-dealkylation sites (tertiary alicyclic amines) is 1. The number of anilines is 1. The molecule has 0 spiro atoms. The van der Waals surface area contributed by atoms with Crippen LogP contribution in [0, 0.1) is 11.3 Å². The molecule has 1 aromatic heterocycles. The molecule has 1 amide bonds. The topological polar surface area (TPSA) is 113 Å². The number of carbonyl (C=O) groups is 2. The summed E-state index contributed by atoms with van der Waals surface area (Å²) in [5.41, 5.74) is 7.37. The molecular formula is C21H25N5O3. The number of methoxy groups -OCH3 is 1. The molecule has 3 rings (SSSR count). The number of aromatic nitrogens is 1. The fourth-order valence-corrected chi connectivity index (χ4v) is 3.50. The van der Waals surface area contributed by atoms with Crippen LogP contribution in [0.1, 0.15) is 45.7 Å². The third-order valence-electron chi connectivity index (χ3n) is 5.11. The number of carbonyl (C=O) groups excluding carboxylic acids is 2. The number of amides is 1. The van der Waals surface area contributed by atoms with Gasteiger partial charge in [-0.1, -0.05) is 6.42 Å². The van der Waals surface area contributed by atoms with E-state index in [1.165, 1.54) is 37.1 Å². The van der Waals surface area contributed by atoms with Crippen molar-refractivity contribution in [1.82, 2.24) is 14.8 Å². The van der Waals surface area contributed by atoms with E-state index in [0.29, 0.717) is 17.8 Å². The Morgan fingerprint density at radius 1 is 1.21 bits per heavy atom. The summed E-state index contributed by atoms with van der Waals surface area (Å²) in [5.74, 6) is -0.782. The van der Waals surface area contributed by atoms with Gasteiger partial charge in [-0.15, -0.1) is 0 Å². The largest absolute Gasteiger partial charge is 0.464 e. The molecule has 0 atom stereocenters. The van der Waals surface area contributed by atoms with Crippen molar-refractivity contribution in [2.75, 3.05) is 39.0 Å². The van der Waals surface area contributed by atoms with Crippen LogP contribution in [-0.2, 0) is 4.74 Å². The van der Waals surface area contributed by atoms with E-state index in [1.54, 1.807) is 24.3 Å². The number of nitrogen functional groups attached to an aromatic ring is 1. The number of nitrogens with zero attached hydrogens (tertiary/aromatic N) is 3. The number of esters is 1. The van der Waals surface area contributed by atoms with Crippen molar-refractivity contribution in [1.29, 1.82) is 5.26 Å². The molecule has 1 fully saturated rings. The lowest BCUT2D eigenvalue weighted by molar-refractivity contribution is 0.0592. The Hall–Kier alpha value is -3.31. The van der Waals surface area contributed by atoms with Crippen molar-refractivity contribution < 1.29 is 14.3 Å². The van der Waals surface area contributed by atoms with Crippen molar-refractivity contribution in [3.05, 3.63) is 47.3 Å². The number of nitrogens with two attached hydrogens (primary N) is 1. The average molecular weight is 395 g/mol. The molecule has 8 nitrogen and oxygen atoms in total. The fraction of sp³-hybridized carbons (Fsp3) is 0.381. The number of rotatable bonds is 6. The van der Waals surface area contributed by atoms with Crippen LogP contribution in [0.5, 0.6) is 0 Å². The van der Waals surface area contributed by atoms with E-state index in [9.17, 15) is 14.9 Å². The minimum absolute atomic E-state index is 0.0684. The lowest BCUT2D eigenvalue weighted by Crippen LogP contribution is -2.37. The molecule has 2 heterocycles. The number of nitrogens with one attached hydrogen (secondary N) is 1. The van der Waals surface area contributed by atoms with Gasteiger partial charge >= 0.3 is 5.97 Å². The Morgan fingerprint density at radius 3 is 2.52 bits per heavy atom. The lowest BCUT2D eigenvalue weighted by Gasteiger charge is -2.26. The van der Waals surface area contributed by atoms with E-state index in [0.717, 1.165) is 19.6 Å². The van der Waals surface area contributed by atoms with Crippen molar-refractivity contribution >= 4 is 17.6 Å². The Balaban J connectivity index is 1.69. The molecule has 1 aromatic carbocycles. The van der Waals surface area contributed by atoms with Crippen molar-refractivity contribution in [3.8, 4) is 11.8 Å². The molecule has 3 N–H and O–H groups in total. The highest BCUT2D eigenvalue weighted by molar-refractivity contribution is 5.96. The zero-order valence-electron chi connectivity index (χ0n) is 16.5. The summed E-state index contributed by atoms with van der Waals surface area (Å²) < 4.78 is 6.27. The van der Waals surface area contributed by atoms with Crippen LogP contribution >= 0.6 is 0 Å². The van der Waals surface area contributed by atoms with Gasteiger partial charge in [-0.25, -0.2) is 4.79 Å². The van der Waals surface area contributed by atoms with Crippen LogP contribution in [0.2, 0.25) is 0 Å². The van der Waals surface area contributed by atoms with E-state index < -0.39 is 5.97 Å². The van der Waals surface area contributed by atoms with Gasteiger partial charge in [-0.2, -0.15) is 5.26 Å². The van der Waals surface area contributed by atoms with Gasteiger partial charge in [0.15, 0.2) is 5.69 Å². The second-order valence-corrected chi connectivity index (χ2v) is 6.98. The van der Waals surface area contributed by atoms with Crippen LogP contribution in [-0.4, -0.2) is 54.6 Å². The zero-order valence-corrected chi connectivity index (χ0v) is 16.5. The number of nitriles is 1. The van der Waals surface area contributed by atoms with Gasteiger partial charge in [0.2, 0.25) is 0 Å². The Morgan fingerprint density at radius 2 is 1.90 bits per heavy atom. The molecule has 8 heteroatoms. The molecule has 1 aliphatic rings. The van der Waals surface area contributed by atoms with Gasteiger partial charge in [-0.3, -0.25) is 4.79 Å². The number of piperidine rings is 1. The zero-order chi connectivity index (χ0) is 20.8. The maximum atomic E-state index is 12.4.